The molecule has 1 heterocycles. The van der Waals surface area contributed by atoms with Crippen LogP contribution in [0.25, 0.3) is 11.3 Å². The van der Waals surface area contributed by atoms with Crippen molar-refractivity contribution < 1.29 is 13.9 Å². The fourth-order valence-electron chi connectivity index (χ4n) is 4.09. The molecule has 26 heavy (non-hydrogen) atoms. The lowest BCUT2D eigenvalue weighted by atomic mass is 9.91. The lowest BCUT2D eigenvalue weighted by molar-refractivity contribution is 0.0453. The van der Waals surface area contributed by atoms with Gasteiger partial charge in [0.1, 0.15) is 11.4 Å². The Balaban J connectivity index is 1.66. The highest BCUT2D eigenvalue weighted by Crippen LogP contribution is 2.55. The quantitative estimate of drug-likeness (QED) is 0.873. The Labute approximate surface area is 152 Å². The zero-order valence-corrected chi connectivity index (χ0v) is 15.2. The molecule has 2 aliphatic carbocycles. The number of amides is 1. The van der Waals surface area contributed by atoms with Crippen molar-refractivity contribution in [3.05, 3.63) is 47.4 Å². The van der Waals surface area contributed by atoms with Crippen molar-refractivity contribution in [2.75, 3.05) is 0 Å². The van der Waals surface area contributed by atoms with Gasteiger partial charge in [0, 0.05) is 5.56 Å². The summed E-state index contributed by atoms with van der Waals surface area (Å²) < 4.78 is 19.5. The van der Waals surface area contributed by atoms with Crippen molar-refractivity contribution in [1.29, 1.82) is 0 Å². The summed E-state index contributed by atoms with van der Waals surface area (Å²) in [6.07, 6.45) is 2.13. The van der Waals surface area contributed by atoms with Gasteiger partial charge >= 0.3 is 6.09 Å². The molecule has 2 atom stereocenters. The van der Waals surface area contributed by atoms with Gasteiger partial charge in [0.2, 0.25) is 0 Å². The van der Waals surface area contributed by atoms with Gasteiger partial charge in [-0.1, -0.05) is 12.1 Å². The first-order valence-electron chi connectivity index (χ1n) is 8.92. The molecule has 1 saturated carbocycles. The zero-order valence-electron chi connectivity index (χ0n) is 15.2. The zero-order chi connectivity index (χ0) is 18.5. The summed E-state index contributed by atoms with van der Waals surface area (Å²) >= 11 is 0. The van der Waals surface area contributed by atoms with Gasteiger partial charge in [-0.05, 0) is 69.7 Å². The van der Waals surface area contributed by atoms with E-state index in [-0.39, 0.29) is 5.82 Å². The lowest BCUT2D eigenvalue weighted by Gasteiger charge is -2.30. The Kier molecular flexibility index (Phi) is 3.75. The predicted octanol–water partition coefficient (Wildman–Crippen LogP) is 4.28. The normalized spacial score (nSPS) is 23.6. The molecule has 2 aromatic rings. The number of halogens is 1. The van der Waals surface area contributed by atoms with E-state index >= 15 is 0 Å². The summed E-state index contributed by atoms with van der Waals surface area (Å²) in [7, 11) is 0. The van der Waals surface area contributed by atoms with Crippen LogP contribution in [0.1, 0.15) is 57.2 Å². The molecule has 1 amide bonds. The van der Waals surface area contributed by atoms with Gasteiger partial charge in [0.15, 0.2) is 0 Å². The molecule has 0 radical (unpaired) electrons. The Morgan fingerprint density at radius 1 is 1.31 bits per heavy atom. The van der Waals surface area contributed by atoms with Gasteiger partial charge in [-0.25, -0.2) is 9.18 Å². The number of carbonyl (C=O) groups is 1. The van der Waals surface area contributed by atoms with E-state index < -0.39 is 17.2 Å². The van der Waals surface area contributed by atoms with Crippen molar-refractivity contribution >= 4 is 6.09 Å². The molecule has 4 rings (SSSR count). The molecule has 5 nitrogen and oxygen atoms in total. The number of nitrogens with zero attached hydrogens (tertiary/aromatic N) is 2. The van der Waals surface area contributed by atoms with Gasteiger partial charge in [-0.15, -0.1) is 0 Å². The first-order valence-corrected chi connectivity index (χ1v) is 8.92. The van der Waals surface area contributed by atoms with E-state index in [0.29, 0.717) is 17.2 Å². The van der Waals surface area contributed by atoms with Crippen LogP contribution in [-0.2, 0) is 10.3 Å². The Morgan fingerprint density at radius 3 is 2.81 bits per heavy atom. The summed E-state index contributed by atoms with van der Waals surface area (Å²) in [5.74, 6) is -0.00698. The minimum atomic E-state index is -0.555. The molecule has 0 aliphatic heterocycles. The average Bonchev–Trinajstić information content (AvgIpc) is 3.09. The van der Waals surface area contributed by atoms with Crippen molar-refractivity contribution in [1.82, 2.24) is 15.5 Å². The molecule has 0 saturated heterocycles. The van der Waals surface area contributed by atoms with Crippen LogP contribution >= 0.6 is 0 Å². The third-order valence-electron chi connectivity index (χ3n) is 5.12. The standard InChI is InChI=1S/C20H22FN3O2/c1-19(2,3)26-18(25)22-20-9-8-12(11-20)14-10-16(23-24-17(14)20)13-6-4-5-7-15(13)21/h4-7,10,12H,8-9,11H2,1-3H3,(H,22,25)/t12-,20-/m1/s1. The molecule has 1 fully saturated rings. The van der Waals surface area contributed by atoms with E-state index in [2.05, 4.69) is 15.5 Å². The molecular weight excluding hydrogens is 333 g/mol. The summed E-state index contributed by atoms with van der Waals surface area (Å²) in [5.41, 5.74) is 1.74. The van der Waals surface area contributed by atoms with Crippen molar-refractivity contribution in [2.24, 2.45) is 0 Å². The number of benzene rings is 1. The van der Waals surface area contributed by atoms with Gasteiger partial charge < -0.3 is 10.1 Å². The summed E-state index contributed by atoms with van der Waals surface area (Å²) in [6, 6.07) is 8.48. The third-order valence-corrected chi connectivity index (χ3v) is 5.12. The Morgan fingerprint density at radius 2 is 2.08 bits per heavy atom. The maximum Gasteiger partial charge on any atom is 0.408 e. The number of fused-ring (bicyclic) bond motifs is 5. The second-order valence-corrected chi connectivity index (χ2v) is 8.16. The van der Waals surface area contributed by atoms with E-state index in [4.69, 9.17) is 4.74 Å². The molecule has 6 heteroatoms. The van der Waals surface area contributed by atoms with Crippen LogP contribution in [-0.4, -0.2) is 21.9 Å². The predicted molar refractivity (Wildman–Crippen MR) is 95.1 cm³/mol. The molecule has 0 unspecified atom stereocenters. The average molecular weight is 355 g/mol. The van der Waals surface area contributed by atoms with Crippen LogP contribution in [0.4, 0.5) is 9.18 Å². The van der Waals surface area contributed by atoms with E-state index in [1.165, 1.54) is 6.07 Å². The Hall–Kier alpha value is -2.50. The molecular formula is C20H22FN3O2. The van der Waals surface area contributed by atoms with Gasteiger partial charge in [-0.3, -0.25) is 0 Å². The molecule has 0 spiro atoms. The number of rotatable bonds is 2. The fraction of sp³-hybridized carbons (Fsp3) is 0.450. The van der Waals surface area contributed by atoms with Crippen LogP contribution in [0, 0.1) is 5.82 Å². The minimum Gasteiger partial charge on any atom is -0.444 e. The van der Waals surface area contributed by atoms with Crippen LogP contribution in [0.5, 0.6) is 0 Å². The topological polar surface area (TPSA) is 64.1 Å². The Bertz CT molecular complexity index is 878. The molecule has 1 aromatic carbocycles. The highest BCUT2D eigenvalue weighted by Gasteiger charge is 2.52. The number of alkyl carbamates (subject to hydrolysis) is 1. The summed E-state index contributed by atoms with van der Waals surface area (Å²) in [5, 5.41) is 11.7. The number of nitrogens with one attached hydrogen (secondary N) is 1. The highest BCUT2D eigenvalue weighted by atomic mass is 19.1. The van der Waals surface area contributed by atoms with Crippen LogP contribution < -0.4 is 5.32 Å². The number of aromatic nitrogens is 2. The molecule has 1 aromatic heterocycles. The minimum absolute atomic E-state index is 0.306. The number of ether oxygens (including phenoxy) is 1. The van der Waals surface area contributed by atoms with E-state index in [1.54, 1.807) is 18.2 Å². The first-order chi connectivity index (χ1) is 12.3. The molecule has 2 bridgehead atoms. The van der Waals surface area contributed by atoms with Crippen molar-refractivity contribution in [3.63, 3.8) is 0 Å². The van der Waals surface area contributed by atoms with Crippen LogP contribution in [0.3, 0.4) is 0 Å². The SMILES string of the molecule is CC(C)(C)OC(=O)N[C@]12CC[C@H](C1)c1cc(-c3ccccc3F)nnc12. The molecule has 2 aliphatic rings. The van der Waals surface area contributed by atoms with E-state index in [0.717, 1.165) is 30.5 Å². The highest BCUT2D eigenvalue weighted by molar-refractivity contribution is 5.70. The van der Waals surface area contributed by atoms with E-state index in [9.17, 15) is 9.18 Å². The fourth-order valence-corrected chi connectivity index (χ4v) is 4.09. The first kappa shape index (κ1) is 16.9. The molecule has 1 N–H and O–H groups in total. The maximum atomic E-state index is 14.1. The number of hydrogen-bond donors (Lipinski definition) is 1. The van der Waals surface area contributed by atoms with E-state index in [1.807, 2.05) is 26.8 Å². The molecule has 136 valence electrons. The van der Waals surface area contributed by atoms with Crippen molar-refractivity contribution in [2.45, 2.75) is 57.1 Å². The second kappa shape index (κ2) is 5.76. The van der Waals surface area contributed by atoms with Gasteiger partial charge in [0.25, 0.3) is 0 Å². The second-order valence-electron chi connectivity index (χ2n) is 8.16. The van der Waals surface area contributed by atoms with Crippen molar-refractivity contribution in [3.8, 4) is 11.3 Å². The monoisotopic (exact) mass is 355 g/mol. The van der Waals surface area contributed by atoms with Crippen LogP contribution in [0.2, 0.25) is 0 Å². The largest absolute Gasteiger partial charge is 0.444 e. The summed E-state index contributed by atoms with van der Waals surface area (Å²) in [4.78, 5) is 12.3. The number of hydrogen-bond acceptors (Lipinski definition) is 4. The number of carbonyl (C=O) groups excluding carboxylic acids is 1. The van der Waals surface area contributed by atoms with Crippen LogP contribution in [0.15, 0.2) is 30.3 Å². The van der Waals surface area contributed by atoms with Gasteiger partial charge in [0.05, 0.1) is 16.9 Å². The smallest absolute Gasteiger partial charge is 0.408 e. The van der Waals surface area contributed by atoms with Gasteiger partial charge in [-0.2, -0.15) is 10.2 Å². The maximum absolute atomic E-state index is 14.1. The lowest BCUT2D eigenvalue weighted by Crippen LogP contribution is -2.46. The third kappa shape index (κ3) is 2.83. The summed E-state index contributed by atoms with van der Waals surface area (Å²) in [6.45, 7) is 5.51.